The minimum Gasteiger partial charge on any atom is -0.455 e. The molecule has 3 aromatic heterocycles. The first kappa shape index (κ1) is 33.0. The third-order valence-corrected chi connectivity index (χ3v) is 10.3. The normalized spacial score (nSPS) is 12.0. The summed E-state index contributed by atoms with van der Waals surface area (Å²) in [6.45, 7) is 0. The Morgan fingerprint density at radius 1 is 0.589 bits per heavy atom. The number of fused-ring (bicyclic) bond motifs is 6. The summed E-state index contributed by atoms with van der Waals surface area (Å²) in [5.41, 5.74) is 12.4. The fourth-order valence-corrected chi connectivity index (χ4v) is 7.63. The summed E-state index contributed by atoms with van der Waals surface area (Å²) >= 11 is 0. The van der Waals surface area contributed by atoms with Gasteiger partial charge in [-0.25, -0.2) is 4.52 Å². The summed E-state index contributed by atoms with van der Waals surface area (Å²) < 4.78 is 8.53. The first-order chi connectivity index (χ1) is 27.7. The molecule has 10 aromatic rings. The maximum absolute atomic E-state index is 9.01. The van der Waals surface area contributed by atoms with Crippen LogP contribution in [0.4, 0.5) is 0 Å². The maximum Gasteiger partial charge on any atom is 0.144 e. The molecule has 0 bridgehead atoms. The predicted molar refractivity (Wildman–Crippen MR) is 232 cm³/mol. The van der Waals surface area contributed by atoms with Crippen molar-refractivity contribution in [3.63, 3.8) is 0 Å². The lowest BCUT2D eigenvalue weighted by molar-refractivity contribution is 0.667. The van der Waals surface area contributed by atoms with Crippen LogP contribution in [-0.4, -0.2) is 21.5 Å². The fraction of sp³-hybridized carbons (Fsp3) is 0. The Kier molecular flexibility index (Phi) is 8.23. The number of hydrogen-bond acceptors (Lipinski definition) is 4. The van der Waals surface area contributed by atoms with E-state index in [0.717, 1.165) is 88.6 Å². The zero-order valence-electron chi connectivity index (χ0n) is 30.3. The second-order valence-electron chi connectivity index (χ2n) is 13.8. The first-order valence-electron chi connectivity index (χ1n) is 18.7. The van der Waals surface area contributed by atoms with Crippen LogP contribution in [0, 0.1) is 5.41 Å². The lowest BCUT2D eigenvalue weighted by Crippen LogP contribution is -1.96. The number of aromatic nitrogens is 2. The van der Waals surface area contributed by atoms with Gasteiger partial charge in [-0.1, -0.05) is 170 Å². The van der Waals surface area contributed by atoms with Crippen molar-refractivity contribution in [3.8, 4) is 33.6 Å². The molecule has 0 saturated heterocycles. The molecule has 0 aliphatic carbocycles. The lowest BCUT2D eigenvalue weighted by atomic mass is 9.96. The number of pyridine rings is 1. The third kappa shape index (κ3) is 5.88. The Bertz CT molecular complexity index is 3120. The molecule has 7 aromatic carbocycles. The second-order valence-corrected chi connectivity index (χ2v) is 13.8. The summed E-state index contributed by atoms with van der Waals surface area (Å²) in [6.07, 6.45) is 3.69. The van der Waals surface area contributed by atoms with Crippen molar-refractivity contribution in [2.45, 2.75) is 0 Å². The summed E-state index contributed by atoms with van der Waals surface area (Å²) in [5, 5.41) is 18.7. The Labute approximate surface area is 323 Å². The highest BCUT2D eigenvalue weighted by molar-refractivity contribution is 6.14. The number of nitrogens with one attached hydrogen (secondary N) is 1. The number of para-hydroxylation sites is 2. The summed E-state index contributed by atoms with van der Waals surface area (Å²) in [4.78, 5) is 5.06. The van der Waals surface area contributed by atoms with Crippen LogP contribution in [0.5, 0.6) is 0 Å². The number of hydrogen-bond donors (Lipinski definition) is 1. The van der Waals surface area contributed by atoms with Gasteiger partial charge in [0.1, 0.15) is 16.9 Å². The Morgan fingerprint density at radius 3 is 2.00 bits per heavy atom. The molecule has 56 heavy (non-hydrogen) atoms. The van der Waals surface area contributed by atoms with Crippen molar-refractivity contribution in [3.05, 3.63) is 211 Å². The second kappa shape index (κ2) is 14.0. The number of nitrogens with zero attached hydrogens (tertiary/aromatic N) is 3. The number of benzene rings is 7. The summed E-state index contributed by atoms with van der Waals surface area (Å²) in [6, 6.07) is 64.1. The van der Waals surface area contributed by atoms with Crippen LogP contribution in [-0.2, 0) is 0 Å². The molecule has 5 nitrogen and oxygen atoms in total. The van der Waals surface area contributed by atoms with Crippen molar-refractivity contribution in [2.24, 2.45) is 4.99 Å². The highest BCUT2D eigenvalue weighted by atomic mass is 16.3. The Balaban J connectivity index is 1.11. The van der Waals surface area contributed by atoms with E-state index in [0.29, 0.717) is 11.4 Å². The SMILES string of the molecule is N=C(/C=C(\N=Cc1ccc(-c2c(-c3ccccc3)nn3c(-c4ccccc4)cc4ccccc4c23)cc1)c1cccc2c1oc1ccccc12)c1ccccc1. The zero-order valence-corrected chi connectivity index (χ0v) is 30.3. The standard InChI is InChI=1S/C51H34N4O/c52-44(35-15-4-1-5-16-35)32-45(43-25-14-24-42-41-23-12-13-26-47(41)56-51(42)43)53-33-34-27-29-37(30-28-34)48-49(38-19-8-3-9-20-38)54-55-46(36-17-6-2-7-18-36)31-39-21-10-11-22-40(39)50(48)55/h1-33,52H/b45-32-,52-44?,53-33?. The molecule has 3 heterocycles. The minimum atomic E-state index is 0.366. The van der Waals surface area contributed by atoms with Crippen LogP contribution >= 0.6 is 0 Å². The molecule has 0 fully saturated rings. The number of allylic oxidation sites excluding steroid dienone is 1. The molecular formula is C51H34N4O. The van der Waals surface area contributed by atoms with E-state index in [2.05, 4.69) is 120 Å². The molecule has 5 heteroatoms. The molecule has 0 spiro atoms. The van der Waals surface area contributed by atoms with Gasteiger partial charge in [0.2, 0.25) is 0 Å². The number of furan rings is 1. The lowest BCUT2D eigenvalue weighted by Gasteiger charge is -2.11. The quantitative estimate of drug-likeness (QED) is 0.159. The van der Waals surface area contributed by atoms with E-state index in [9.17, 15) is 0 Å². The maximum atomic E-state index is 9.01. The molecule has 0 radical (unpaired) electrons. The van der Waals surface area contributed by atoms with Gasteiger partial charge in [-0.05, 0) is 46.4 Å². The van der Waals surface area contributed by atoms with Gasteiger partial charge >= 0.3 is 0 Å². The van der Waals surface area contributed by atoms with Crippen LogP contribution in [0.25, 0.3) is 77.6 Å². The smallest absolute Gasteiger partial charge is 0.144 e. The molecule has 0 aliphatic rings. The predicted octanol–water partition coefficient (Wildman–Crippen LogP) is 12.9. The van der Waals surface area contributed by atoms with Gasteiger partial charge in [0.25, 0.3) is 0 Å². The monoisotopic (exact) mass is 718 g/mol. The average Bonchev–Trinajstić information content (AvgIpc) is 3.86. The van der Waals surface area contributed by atoms with Crippen LogP contribution < -0.4 is 0 Å². The molecule has 0 unspecified atom stereocenters. The van der Waals surface area contributed by atoms with Gasteiger partial charge < -0.3 is 9.83 Å². The van der Waals surface area contributed by atoms with E-state index >= 15 is 0 Å². The van der Waals surface area contributed by atoms with Crippen LogP contribution in [0.2, 0.25) is 0 Å². The van der Waals surface area contributed by atoms with E-state index in [1.807, 2.05) is 85.1 Å². The molecule has 1 N–H and O–H groups in total. The highest BCUT2D eigenvalue weighted by Gasteiger charge is 2.21. The average molecular weight is 719 g/mol. The van der Waals surface area contributed by atoms with E-state index in [1.54, 1.807) is 0 Å². The van der Waals surface area contributed by atoms with Gasteiger partial charge in [-0.3, -0.25) is 4.99 Å². The topological polar surface area (TPSA) is 66.7 Å². The molecule has 0 aliphatic heterocycles. The largest absolute Gasteiger partial charge is 0.455 e. The van der Waals surface area contributed by atoms with Gasteiger partial charge in [-0.2, -0.15) is 5.10 Å². The first-order valence-corrected chi connectivity index (χ1v) is 18.7. The molecule has 10 rings (SSSR count). The zero-order chi connectivity index (χ0) is 37.4. The van der Waals surface area contributed by atoms with Gasteiger partial charge in [-0.15, -0.1) is 0 Å². The third-order valence-electron chi connectivity index (χ3n) is 10.3. The molecule has 0 saturated carbocycles. The molecular weight excluding hydrogens is 685 g/mol. The minimum absolute atomic E-state index is 0.366. The van der Waals surface area contributed by atoms with Crippen molar-refractivity contribution in [2.75, 3.05) is 0 Å². The highest BCUT2D eigenvalue weighted by Crippen LogP contribution is 2.41. The van der Waals surface area contributed by atoms with Crippen molar-refractivity contribution in [1.29, 1.82) is 5.41 Å². The van der Waals surface area contributed by atoms with Crippen LogP contribution in [0.3, 0.4) is 0 Å². The van der Waals surface area contributed by atoms with Gasteiger partial charge in [0.05, 0.1) is 22.6 Å². The van der Waals surface area contributed by atoms with E-state index in [-0.39, 0.29) is 0 Å². The van der Waals surface area contributed by atoms with Crippen molar-refractivity contribution in [1.82, 2.24) is 9.61 Å². The van der Waals surface area contributed by atoms with Crippen molar-refractivity contribution >= 4 is 55.9 Å². The van der Waals surface area contributed by atoms with Crippen molar-refractivity contribution < 1.29 is 4.42 Å². The van der Waals surface area contributed by atoms with Gasteiger partial charge in [0.15, 0.2) is 0 Å². The van der Waals surface area contributed by atoms with Crippen LogP contribution in [0.15, 0.2) is 204 Å². The molecule has 0 atom stereocenters. The van der Waals surface area contributed by atoms with E-state index in [4.69, 9.17) is 19.9 Å². The molecule has 264 valence electrons. The number of aliphatic imine (C=N–C) groups is 1. The molecule has 0 amide bonds. The summed E-state index contributed by atoms with van der Waals surface area (Å²) in [7, 11) is 0. The Hall–Kier alpha value is -7.63. The van der Waals surface area contributed by atoms with Crippen LogP contribution in [0.1, 0.15) is 16.7 Å². The van der Waals surface area contributed by atoms with E-state index < -0.39 is 0 Å². The fourth-order valence-electron chi connectivity index (χ4n) is 7.63. The van der Waals surface area contributed by atoms with E-state index in [1.165, 1.54) is 0 Å². The Morgan fingerprint density at radius 2 is 1.23 bits per heavy atom. The number of rotatable bonds is 8. The van der Waals surface area contributed by atoms with Gasteiger partial charge in [0, 0.05) is 44.6 Å². The summed E-state index contributed by atoms with van der Waals surface area (Å²) in [5.74, 6) is 0.